The molecule has 1 fully saturated rings. The first-order valence-electron chi connectivity index (χ1n) is 6.32. The Kier molecular flexibility index (Phi) is 5.62. The van der Waals surface area contributed by atoms with Crippen molar-refractivity contribution in [2.24, 2.45) is 0 Å². The van der Waals surface area contributed by atoms with Crippen molar-refractivity contribution in [1.82, 2.24) is 5.32 Å². The molecular weight excluding hydrogens is 218 g/mol. The zero-order chi connectivity index (χ0) is 12.2. The Bertz CT molecular complexity index is 208. The lowest BCUT2D eigenvalue weighted by molar-refractivity contribution is 0.00779. The van der Waals surface area contributed by atoms with Crippen LogP contribution < -0.4 is 5.32 Å². The number of rotatable bonds is 6. The Labute approximate surface area is 105 Å². The Morgan fingerprint density at radius 3 is 2.69 bits per heavy atom. The van der Waals surface area contributed by atoms with Crippen LogP contribution in [0.25, 0.3) is 0 Å². The van der Waals surface area contributed by atoms with Crippen LogP contribution in [0.5, 0.6) is 0 Å². The average Bonchev–Trinajstić information content (AvgIpc) is 2.64. The summed E-state index contributed by atoms with van der Waals surface area (Å²) >= 11 is 2.01. The number of nitrogens with one attached hydrogen (secondary N) is 1. The smallest absolute Gasteiger partial charge is 0.0637 e. The molecule has 0 bridgehead atoms. The van der Waals surface area contributed by atoms with E-state index in [1.807, 2.05) is 11.8 Å². The maximum atomic E-state index is 5.48. The SMILES string of the molecule is COC(C)(C)CC(C)NC1CCCC1SC. The summed E-state index contributed by atoms with van der Waals surface area (Å²) in [6, 6.07) is 1.24. The largest absolute Gasteiger partial charge is 0.379 e. The summed E-state index contributed by atoms with van der Waals surface area (Å²) in [5.41, 5.74) is -0.0140. The molecule has 1 rings (SSSR count). The fourth-order valence-electron chi connectivity index (χ4n) is 2.64. The molecule has 0 aromatic rings. The third-order valence-electron chi connectivity index (χ3n) is 3.60. The van der Waals surface area contributed by atoms with Crippen LogP contribution in [0.3, 0.4) is 0 Å². The predicted octanol–water partition coefficient (Wildman–Crippen LogP) is 3.06. The highest BCUT2D eigenvalue weighted by Crippen LogP contribution is 2.29. The Balaban J connectivity index is 2.36. The van der Waals surface area contributed by atoms with Gasteiger partial charge < -0.3 is 10.1 Å². The van der Waals surface area contributed by atoms with E-state index in [1.165, 1.54) is 19.3 Å². The second-order valence-electron chi connectivity index (χ2n) is 5.55. The van der Waals surface area contributed by atoms with Crippen LogP contribution in [0, 0.1) is 0 Å². The first-order valence-corrected chi connectivity index (χ1v) is 7.61. The van der Waals surface area contributed by atoms with Gasteiger partial charge in [0.05, 0.1) is 5.60 Å². The van der Waals surface area contributed by atoms with Gasteiger partial charge in [0, 0.05) is 24.4 Å². The normalized spacial score (nSPS) is 28.3. The molecule has 96 valence electrons. The lowest BCUT2D eigenvalue weighted by Crippen LogP contribution is -2.43. The molecule has 0 radical (unpaired) electrons. The lowest BCUT2D eigenvalue weighted by atomic mass is 9.99. The van der Waals surface area contributed by atoms with Gasteiger partial charge in [0.25, 0.3) is 0 Å². The van der Waals surface area contributed by atoms with E-state index in [0.717, 1.165) is 11.7 Å². The highest BCUT2D eigenvalue weighted by molar-refractivity contribution is 7.99. The zero-order valence-electron chi connectivity index (χ0n) is 11.4. The second-order valence-corrected chi connectivity index (χ2v) is 6.62. The molecule has 0 aromatic carbocycles. The summed E-state index contributed by atoms with van der Waals surface area (Å²) in [5.74, 6) is 0. The molecule has 1 N–H and O–H groups in total. The van der Waals surface area contributed by atoms with Gasteiger partial charge in [-0.2, -0.15) is 11.8 Å². The van der Waals surface area contributed by atoms with Crippen molar-refractivity contribution in [1.29, 1.82) is 0 Å². The van der Waals surface area contributed by atoms with Crippen molar-refractivity contribution in [2.75, 3.05) is 13.4 Å². The molecule has 0 aromatic heterocycles. The number of methoxy groups -OCH3 is 1. The Morgan fingerprint density at radius 2 is 2.12 bits per heavy atom. The minimum atomic E-state index is -0.0140. The first kappa shape index (κ1) is 14.3. The Morgan fingerprint density at radius 1 is 1.44 bits per heavy atom. The van der Waals surface area contributed by atoms with Gasteiger partial charge in [-0.1, -0.05) is 6.42 Å². The predicted molar refractivity (Wildman–Crippen MR) is 73.2 cm³/mol. The third-order valence-corrected chi connectivity index (χ3v) is 4.77. The van der Waals surface area contributed by atoms with Gasteiger partial charge in [-0.15, -0.1) is 0 Å². The van der Waals surface area contributed by atoms with E-state index in [4.69, 9.17) is 4.74 Å². The minimum absolute atomic E-state index is 0.0140. The molecule has 1 aliphatic rings. The molecule has 16 heavy (non-hydrogen) atoms. The highest BCUT2D eigenvalue weighted by atomic mass is 32.2. The van der Waals surface area contributed by atoms with Gasteiger partial charge in [0.1, 0.15) is 0 Å². The van der Waals surface area contributed by atoms with E-state index in [-0.39, 0.29) is 5.60 Å². The van der Waals surface area contributed by atoms with E-state index in [2.05, 4.69) is 32.3 Å². The molecule has 3 atom stereocenters. The second kappa shape index (κ2) is 6.27. The van der Waals surface area contributed by atoms with Crippen LogP contribution in [-0.4, -0.2) is 36.3 Å². The van der Waals surface area contributed by atoms with Crippen molar-refractivity contribution < 1.29 is 4.74 Å². The molecule has 3 heteroatoms. The molecule has 2 nitrogen and oxygen atoms in total. The van der Waals surface area contributed by atoms with Crippen LogP contribution in [0.15, 0.2) is 0 Å². The van der Waals surface area contributed by atoms with E-state index in [1.54, 1.807) is 7.11 Å². The number of thioether (sulfide) groups is 1. The van der Waals surface area contributed by atoms with Gasteiger partial charge in [0.2, 0.25) is 0 Å². The molecule has 0 spiro atoms. The molecular formula is C13H27NOS. The standard InChI is InChI=1S/C13H27NOS/c1-10(9-13(2,3)15-4)14-11-7-6-8-12(11)16-5/h10-12,14H,6-9H2,1-5H3. The topological polar surface area (TPSA) is 21.3 Å². The molecule has 0 saturated heterocycles. The monoisotopic (exact) mass is 245 g/mol. The summed E-state index contributed by atoms with van der Waals surface area (Å²) in [6.07, 6.45) is 7.39. The van der Waals surface area contributed by atoms with Crippen LogP contribution in [0.4, 0.5) is 0 Å². The molecule has 0 amide bonds. The number of hydrogen-bond acceptors (Lipinski definition) is 3. The zero-order valence-corrected chi connectivity index (χ0v) is 12.2. The van der Waals surface area contributed by atoms with E-state index in [0.29, 0.717) is 12.1 Å². The summed E-state index contributed by atoms with van der Waals surface area (Å²) in [4.78, 5) is 0. The Hall–Kier alpha value is 0.270. The average molecular weight is 245 g/mol. The van der Waals surface area contributed by atoms with Crippen LogP contribution in [-0.2, 0) is 4.74 Å². The summed E-state index contributed by atoms with van der Waals surface area (Å²) in [7, 11) is 1.80. The number of ether oxygens (including phenoxy) is 1. The lowest BCUT2D eigenvalue weighted by Gasteiger charge is -2.30. The molecule has 3 unspecified atom stereocenters. The number of hydrogen-bond donors (Lipinski definition) is 1. The fourth-order valence-corrected chi connectivity index (χ4v) is 3.59. The van der Waals surface area contributed by atoms with Gasteiger partial charge >= 0.3 is 0 Å². The van der Waals surface area contributed by atoms with Gasteiger partial charge in [-0.05, 0) is 46.3 Å². The van der Waals surface area contributed by atoms with Crippen LogP contribution in [0.1, 0.15) is 46.5 Å². The van der Waals surface area contributed by atoms with Crippen molar-refractivity contribution in [3.05, 3.63) is 0 Å². The van der Waals surface area contributed by atoms with Crippen molar-refractivity contribution in [3.8, 4) is 0 Å². The van der Waals surface area contributed by atoms with E-state index in [9.17, 15) is 0 Å². The molecule has 1 saturated carbocycles. The van der Waals surface area contributed by atoms with E-state index >= 15 is 0 Å². The van der Waals surface area contributed by atoms with Gasteiger partial charge in [-0.3, -0.25) is 0 Å². The van der Waals surface area contributed by atoms with Gasteiger partial charge in [0.15, 0.2) is 0 Å². The summed E-state index contributed by atoms with van der Waals surface area (Å²) in [6.45, 7) is 6.59. The molecule has 0 aliphatic heterocycles. The van der Waals surface area contributed by atoms with E-state index < -0.39 is 0 Å². The van der Waals surface area contributed by atoms with Crippen LogP contribution >= 0.6 is 11.8 Å². The fraction of sp³-hybridized carbons (Fsp3) is 1.00. The first-order chi connectivity index (χ1) is 7.48. The summed E-state index contributed by atoms with van der Waals surface area (Å²) < 4.78 is 5.48. The van der Waals surface area contributed by atoms with Gasteiger partial charge in [-0.25, -0.2) is 0 Å². The maximum Gasteiger partial charge on any atom is 0.0637 e. The van der Waals surface area contributed by atoms with Crippen LogP contribution in [0.2, 0.25) is 0 Å². The van der Waals surface area contributed by atoms with Crippen molar-refractivity contribution >= 4 is 11.8 Å². The quantitative estimate of drug-likeness (QED) is 0.777. The molecule has 1 aliphatic carbocycles. The highest BCUT2D eigenvalue weighted by Gasteiger charge is 2.29. The third kappa shape index (κ3) is 4.27. The molecule has 0 heterocycles. The minimum Gasteiger partial charge on any atom is -0.379 e. The van der Waals surface area contributed by atoms with Crippen molar-refractivity contribution in [3.63, 3.8) is 0 Å². The maximum absolute atomic E-state index is 5.48. The van der Waals surface area contributed by atoms with Crippen molar-refractivity contribution in [2.45, 2.75) is 69.4 Å². The summed E-state index contributed by atoms with van der Waals surface area (Å²) in [5, 5.41) is 4.58.